The van der Waals surface area contributed by atoms with Crippen LogP contribution in [0.1, 0.15) is 30.4 Å². The standard InChI is InChI=1S/C12H14BrF2N/c1-7-6-9(13)11(15)8(10(7)14)2-3-12(16)4-5-12/h6H,2-5,16H2,1H3. The minimum Gasteiger partial charge on any atom is -0.325 e. The van der Waals surface area contributed by atoms with Crippen molar-refractivity contribution in [3.8, 4) is 0 Å². The Bertz CT molecular complexity index is 401. The van der Waals surface area contributed by atoms with Gasteiger partial charge in [-0.3, -0.25) is 0 Å². The van der Waals surface area contributed by atoms with Crippen LogP contribution in [0.3, 0.4) is 0 Å². The molecule has 0 heterocycles. The van der Waals surface area contributed by atoms with E-state index in [9.17, 15) is 8.78 Å². The summed E-state index contributed by atoms with van der Waals surface area (Å²) < 4.78 is 27.8. The highest BCUT2D eigenvalue weighted by molar-refractivity contribution is 9.10. The third-order valence-electron chi connectivity index (χ3n) is 3.19. The molecule has 0 bridgehead atoms. The quantitative estimate of drug-likeness (QED) is 0.848. The van der Waals surface area contributed by atoms with Crippen LogP contribution in [0, 0.1) is 18.6 Å². The van der Waals surface area contributed by atoms with Crippen molar-refractivity contribution >= 4 is 15.9 Å². The van der Waals surface area contributed by atoms with Crippen LogP contribution in [0.4, 0.5) is 8.78 Å². The van der Waals surface area contributed by atoms with Crippen LogP contribution in [0.15, 0.2) is 10.5 Å². The molecule has 2 N–H and O–H groups in total. The minimum absolute atomic E-state index is 0.156. The third-order valence-corrected chi connectivity index (χ3v) is 3.77. The Morgan fingerprint density at radius 1 is 1.38 bits per heavy atom. The van der Waals surface area contributed by atoms with Gasteiger partial charge in [0.25, 0.3) is 0 Å². The van der Waals surface area contributed by atoms with Crippen molar-refractivity contribution in [3.63, 3.8) is 0 Å². The summed E-state index contributed by atoms with van der Waals surface area (Å²) >= 11 is 3.09. The normalized spacial score (nSPS) is 17.6. The fraction of sp³-hybridized carbons (Fsp3) is 0.500. The number of benzene rings is 1. The lowest BCUT2D eigenvalue weighted by Gasteiger charge is -2.12. The minimum atomic E-state index is -0.493. The molecule has 1 saturated carbocycles. The molecule has 0 amide bonds. The van der Waals surface area contributed by atoms with Crippen LogP contribution >= 0.6 is 15.9 Å². The maximum absolute atomic E-state index is 13.7. The first-order valence-corrected chi connectivity index (χ1v) is 6.14. The average Bonchev–Trinajstić information content (AvgIpc) is 2.94. The maximum atomic E-state index is 13.7. The van der Waals surface area contributed by atoms with Crippen molar-refractivity contribution in [2.75, 3.05) is 0 Å². The molecule has 88 valence electrons. The predicted octanol–water partition coefficient (Wildman–Crippen LogP) is 3.46. The summed E-state index contributed by atoms with van der Waals surface area (Å²) in [7, 11) is 0. The molecule has 0 spiro atoms. The molecule has 0 aromatic heterocycles. The van der Waals surface area contributed by atoms with E-state index in [0.717, 1.165) is 12.8 Å². The Hall–Kier alpha value is -0.480. The molecule has 0 saturated heterocycles. The molecule has 0 atom stereocenters. The lowest BCUT2D eigenvalue weighted by Crippen LogP contribution is -2.22. The highest BCUT2D eigenvalue weighted by Crippen LogP contribution is 2.37. The summed E-state index contributed by atoms with van der Waals surface area (Å²) in [6, 6.07) is 1.46. The van der Waals surface area contributed by atoms with Crippen molar-refractivity contribution in [2.24, 2.45) is 5.73 Å². The summed E-state index contributed by atoms with van der Waals surface area (Å²) in [5.74, 6) is -0.933. The van der Waals surface area contributed by atoms with E-state index in [4.69, 9.17) is 5.73 Å². The number of nitrogens with two attached hydrogens (primary N) is 1. The predicted molar refractivity (Wildman–Crippen MR) is 63.3 cm³/mol. The van der Waals surface area contributed by atoms with Crippen LogP contribution in [0.25, 0.3) is 0 Å². The largest absolute Gasteiger partial charge is 0.325 e. The van der Waals surface area contributed by atoms with Gasteiger partial charge in [-0.2, -0.15) is 0 Å². The molecule has 4 heteroatoms. The Labute approximate surface area is 102 Å². The maximum Gasteiger partial charge on any atom is 0.143 e. The topological polar surface area (TPSA) is 26.0 Å². The molecule has 0 radical (unpaired) electrons. The highest BCUT2D eigenvalue weighted by atomic mass is 79.9. The number of aryl methyl sites for hydroxylation is 1. The number of rotatable bonds is 3. The number of hydrogen-bond donors (Lipinski definition) is 1. The average molecular weight is 290 g/mol. The van der Waals surface area contributed by atoms with Gasteiger partial charge in [-0.1, -0.05) is 0 Å². The molecule has 1 fully saturated rings. The Morgan fingerprint density at radius 3 is 2.56 bits per heavy atom. The molecule has 1 aromatic rings. The van der Waals surface area contributed by atoms with Crippen LogP contribution < -0.4 is 5.73 Å². The fourth-order valence-corrected chi connectivity index (χ4v) is 2.38. The van der Waals surface area contributed by atoms with Gasteiger partial charge in [-0.05, 0) is 60.2 Å². The molecule has 0 unspecified atom stereocenters. The van der Waals surface area contributed by atoms with E-state index >= 15 is 0 Å². The molecule has 1 aliphatic carbocycles. The van der Waals surface area contributed by atoms with E-state index in [2.05, 4.69) is 15.9 Å². The van der Waals surface area contributed by atoms with Gasteiger partial charge in [0.1, 0.15) is 11.6 Å². The molecular formula is C12H14BrF2N. The van der Waals surface area contributed by atoms with Crippen molar-refractivity contribution < 1.29 is 8.78 Å². The lowest BCUT2D eigenvalue weighted by molar-refractivity contribution is 0.522. The first-order valence-electron chi connectivity index (χ1n) is 5.35. The molecule has 1 aromatic carbocycles. The zero-order valence-electron chi connectivity index (χ0n) is 9.12. The van der Waals surface area contributed by atoms with Crippen LogP contribution in [0.2, 0.25) is 0 Å². The molecule has 1 nitrogen and oxygen atoms in total. The van der Waals surface area contributed by atoms with Crippen LogP contribution in [-0.2, 0) is 6.42 Å². The summed E-state index contributed by atoms with van der Waals surface area (Å²) in [5.41, 5.74) is 6.36. The summed E-state index contributed by atoms with van der Waals surface area (Å²) in [6.45, 7) is 1.64. The van der Waals surface area contributed by atoms with Gasteiger partial charge >= 0.3 is 0 Å². The Morgan fingerprint density at radius 2 is 2.00 bits per heavy atom. The second kappa shape index (κ2) is 4.08. The van der Waals surface area contributed by atoms with Crippen LogP contribution in [-0.4, -0.2) is 5.54 Å². The Kier molecular flexibility index (Phi) is 3.05. The molecule has 16 heavy (non-hydrogen) atoms. The van der Waals surface area contributed by atoms with Gasteiger partial charge in [0.2, 0.25) is 0 Å². The number of hydrogen-bond acceptors (Lipinski definition) is 1. The van der Waals surface area contributed by atoms with E-state index in [1.807, 2.05) is 0 Å². The monoisotopic (exact) mass is 289 g/mol. The summed E-state index contributed by atoms with van der Waals surface area (Å²) in [4.78, 5) is 0. The van der Waals surface area contributed by atoms with E-state index in [0.29, 0.717) is 22.9 Å². The fourth-order valence-electron chi connectivity index (χ4n) is 1.80. The molecule has 1 aliphatic rings. The number of halogens is 3. The SMILES string of the molecule is Cc1cc(Br)c(F)c(CCC2(N)CC2)c1F. The van der Waals surface area contributed by atoms with Gasteiger partial charge in [-0.25, -0.2) is 8.78 Å². The second-order valence-corrected chi connectivity index (χ2v) is 5.50. The van der Waals surface area contributed by atoms with E-state index in [1.165, 1.54) is 6.07 Å². The highest BCUT2D eigenvalue weighted by Gasteiger charge is 2.37. The zero-order valence-corrected chi connectivity index (χ0v) is 10.7. The smallest absolute Gasteiger partial charge is 0.143 e. The van der Waals surface area contributed by atoms with E-state index in [-0.39, 0.29) is 11.1 Å². The zero-order chi connectivity index (χ0) is 11.9. The third kappa shape index (κ3) is 2.28. The van der Waals surface area contributed by atoms with Gasteiger partial charge in [0, 0.05) is 11.1 Å². The lowest BCUT2D eigenvalue weighted by atomic mass is 10.0. The first-order chi connectivity index (χ1) is 7.43. The summed E-state index contributed by atoms with van der Waals surface area (Å²) in [5, 5.41) is 0. The van der Waals surface area contributed by atoms with Gasteiger partial charge in [-0.15, -0.1) is 0 Å². The Balaban J connectivity index is 2.24. The van der Waals surface area contributed by atoms with Crippen LogP contribution in [0.5, 0.6) is 0 Å². The van der Waals surface area contributed by atoms with Crippen molar-refractivity contribution in [3.05, 3.63) is 33.3 Å². The second-order valence-electron chi connectivity index (χ2n) is 4.64. The van der Waals surface area contributed by atoms with Gasteiger partial charge in [0.15, 0.2) is 0 Å². The van der Waals surface area contributed by atoms with Crippen molar-refractivity contribution in [1.82, 2.24) is 0 Å². The molecule has 2 rings (SSSR count). The molecule has 0 aliphatic heterocycles. The van der Waals surface area contributed by atoms with Gasteiger partial charge < -0.3 is 5.73 Å². The van der Waals surface area contributed by atoms with E-state index < -0.39 is 11.6 Å². The van der Waals surface area contributed by atoms with E-state index in [1.54, 1.807) is 6.92 Å². The van der Waals surface area contributed by atoms with Crippen molar-refractivity contribution in [1.29, 1.82) is 0 Å². The molecular weight excluding hydrogens is 276 g/mol. The van der Waals surface area contributed by atoms with Gasteiger partial charge in [0.05, 0.1) is 4.47 Å². The first kappa shape index (κ1) is 12.0. The van der Waals surface area contributed by atoms with Crippen molar-refractivity contribution in [2.45, 2.75) is 38.1 Å². The summed E-state index contributed by atoms with van der Waals surface area (Å²) in [6.07, 6.45) is 2.94.